The van der Waals surface area contributed by atoms with E-state index in [-0.39, 0.29) is 17.0 Å². The molecule has 2 aromatic carbocycles. The molecule has 1 aliphatic rings. The summed E-state index contributed by atoms with van der Waals surface area (Å²) in [5, 5.41) is 5.44. The highest BCUT2D eigenvalue weighted by Crippen LogP contribution is 2.41. The molecule has 7 nitrogen and oxygen atoms in total. The molecule has 1 aliphatic carbocycles. The second-order valence-corrected chi connectivity index (χ2v) is 8.82. The van der Waals surface area contributed by atoms with E-state index in [2.05, 4.69) is 15.1 Å². The van der Waals surface area contributed by atoms with Crippen LogP contribution in [0, 0.1) is 0 Å². The van der Waals surface area contributed by atoms with Crippen LogP contribution in [0.4, 0.5) is 0 Å². The topological polar surface area (TPSA) is 96.7 Å². The van der Waals surface area contributed by atoms with Gasteiger partial charge in [0.2, 0.25) is 0 Å². The number of benzene rings is 2. The molecule has 0 aliphatic heterocycles. The fourth-order valence-electron chi connectivity index (χ4n) is 5.41. The molecule has 0 amide bonds. The predicted octanol–water partition coefficient (Wildman–Crippen LogP) is 5.25. The van der Waals surface area contributed by atoms with E-state index >= 15 is 0 Å². The number of pyridine rings is 2. The molecule has 1 saturated carbocycles. The van der Waals surface area contributed by atoms with Crippen LogP contribution in [0.1, 0.15) is 31.7 Å². The van der Waals surface area contributed by atoms with E-state index in [1.165, 1.54) is 12.1 Å². The van der Waals surface area contributed by atoms with Crippen molar-refractivity contribution in [2.45, 2.75) is 31.7 Å². The number of aromatic nitrogens is 4. The van der Waals surface area contributed by atoms with Crippen LogP contribution < -0.4 is 11.0 Å². The van der Waals surface area contributed by atoms with Gasteiger partial charge in [0, 0.05) is 34.2 Å². The lowest BCUT2D eigenvalue weighted by atomic mass is 9.99. The third-order valence-corrected chi connectivity index (χ3v) is 6.90. The molecule has 2 N–H and O–H groups in total. The van der Waals surface area contributed by atoms with Crippen molar-refractivity contribution in [3.8, 4) is 11.1 Å². The fourth-order valence-corrected chi connectivity index (χ4v) is 5.41. The van der Waals surface area contributed by atoms with Gasteiger partial charge in [0.05, 0.1) is 22.5 Å². The molecule has 0 radical (unpaired) electrons. The van der Waals surface area contributed by atoms with Gasteiger partial charge in [-0.15, -0.1) is 0 Å². The van der Waals surface area contributed by atoms with Gasteiger partial charge in [0.1, 0.15) is 11.2 Å². The van der Waals surface area contributed by atoms with E-state index in [0.29, 0.717) is 22.1 Å². The Labute approximate surface area is 186 Å². The Kier molecular flexibility index (Phi) is 3.74. The molecule has 33 heavy (non-hydrogen) atoms. The molecule has 0 atom stereocenters. The first kappa shape index (κ1) is 18.4. The second-order valence-electron chi connectivity index (χ2n) is 8.82. The lowest BCUT2D eigenvalue weighted by Gasteiger charge is -2.13. The van der Waals surface area contributed by atoms with Gasteiger partial charge in [-0.3, -0.25) is 24.4 Å². The molecular weight excluding hydrogens is 416 g/mol. The number of hydrogen-bond donors (Lipinski definition) is 2. The molecule has 6 aromatic rings. The zero-order valence-electron chi connectivity index (χ0n) is 17.7. The minimum absolute atomic E-state index is 0.118. The maximum absolute atomic E-state index is 13.4. The quantitative estimate of drug-likeness (QED) is 0.388. The van der Waals surface area contributed by atoms with Crippen molar-refractivity contribution >= 4 is 44.0 Å². The molecule has 162 valence electrons. The number of H-pyrrole nitrogens is 2. The number of para-hydroxylation sites is 1. The minimum atomic E-state index is -0.164. The number of furan rings is 1. The van der Waals surface area contributed by atoms with Crippen LogP contribution in [0.2, 0.25) is 0 Å². The third kappa shape index (κ3) is 2.59. The Morgan fingerprint density at radius 2 is 1.88 bits per heavy atom. The molecule has 1 fully saturated rings. The van der Waals surface area contributed by atoms with Gasteiger partial charge in [-0.25, -0.2) is 0 Å². The highest BCUT2D eigenvalue weighted by molar-refractivity contribution is 6.16. The lowest BCUT2D eigenvalue weighted by molar-refractivity contribution is 0.476. The van der Waals surface area contributed by atoms with Crippen LogP contribution in [0.3, 0.4) is 0 Å². The van der Waals surface area contributed by atoms with Crippen LogP contribution in [-0.2, 0) is 0 Å². The van der Waals surface area contributed by atoms with Crippen molar-refractivity contribution < 1.29 is 4.42 Å². The van der Waals surface area contributed by atoms with E-state index in [9.17, 15) is 9.59 Å². The van der Waals surface area contributed by atoms with E-state index in [0.717, 1.165) is 58.7 Å². The molecule has 0 unspecified atom stereocenters. The highest BCUT2D eigenvalue weighted by Gasteiger charge is 2.26. The fraction of sp³-hybridized carbons (Fsp3) is 0.192. The molecule has 0 saturated heterocycles. The SMILES string of the molecule is O=c1ccc2c(c1)oc1c(-c3cccc4cccnc34)c3c(=O)[nH]n(C4CCCC4)c3[nH]c12. The van der Waals surface area contributed by atoms with E-state index in [1.54, 1.807) is 12.3 Å². The smallest absolute Gasteiger partial charge is 0.274 e. The van der Waals surface area contributed by atoms with E-state index in [1.807, 2.05) is 35.0 Å². The molecule has 4 aromatic heterocycles. The van der Waals surface area contributed by atoms with E-state index in [4.69, 9.17) is 4.42 Å². The van der Waals surface area contributed by atoms with Gasteiger partial charge in [0.25, 0.3) is 5.56 Å². The molecule has 4 heterocycles. The van der Waals surface area contributed by atoms with Gasteiger partial charge in [0.15, 0.2) is 11.0 Å². The number of fused-ring (bicyclic) bond motifs is 5. The Hall–Kier alpha value is -4.13. The maximum Gasteiger partial charge on any atom is 0.274 e. The van der Waals surface area contributed by atoms with Crippen molar-refractivity contribution in [2.24, 2.45) is 0 Å². The number of nitrogens with one attached hydrogen (secondary N) is 2. The molecule has 7 rings (SSSR count). The van der Waals surface area contributed by atoms with Crippen molar-refractivity contribution in [3.63, 3.8) is 0 Å². The number of aromatic amines is 2. The Bertz CT molecular complexity index is 1820. The summed E-state index contributed by atoms with van der Waals surface area (Å²) in [5.74, 6) is 0. The summed E-state index contributed by atoms with van der Waals surface area (Å²) in [6.45, 7) is 0. The summed E-state index contributed by atoms with van der Waals surface area (Å²) >= 11 is 0. The summed E-state index contributed by atoms with van der Waals surface area (Å²) in [4.78, 5) is 33.5. The van der Waals surface area contributed by atoms with Crippen LogP contribution >= 0.6 is 0 Å². The summed E-state index contributed by atoms with van der Waals surface area (Å²) in [5.41, 5.74) is 4.61. The standard InChI is InChI=1S/C26H20N4O3/c31-16-10-11-17-19(13-16)33-24-20(18-9-3-5-14-6-4-12-27-22(14)18)21-25(28-23(17)24)30(29-26(21)32)15-7-1-2-8-15/h3-6,9-13,15,28H,1-2,7-8H2,(H,29,32). The van der Waals surface area contributed by atoms with Gasteiger partial charge < -0.3 is 9.40 Å². The molecule has 7 heteroatoms. The summed E-state index contributed by atoms with van der Waals surface area (Å²) in [7, 11) is 0. The predicted molar refractivity (Wildman–Crippen MR) is 129 cm³/mol. The van der Waals surface area contributed by atoms with E-state index < -0.39 is 0 Å². The first-order valence-corrected chi connectivity index (χ1v) is 11.3. The second kappa shape index (κ2) is 6.68. The van der Waals surface area contributed by atoms with Crippen molar-refractivity contribution in [2.75, 3.05) is 0 Å². The zero-order chi connectivity index (χ0) is 22.1. The van der Waals surface area contributed by atoms with Crippen LogP contribution in [0.15, 0.2) is 68.7 Å². The van der Waals surface area contributed by atoms with Crippen LogP contribution in [-0.4, -0.2) is 19.7 Å². The van der Waals surface area contributed by atoms with Crippen LogP contribution in [0.5, 0.6) is 0 Å². The Morgan fingerprint density at radius 1 is 1.03 bits per heavy atom. The average Bonchev–Trinajstić information content (AvgIpc) is 3.55. The maximum atomic E-state index is 13.4. The number of hydrogen-bond acceptors (Lipinski definition) is 4. The minimum Gasteiger partial charge on any atom is -0.454 e. The van der Waals surface area contributed by atoms with Gasteiger partial charge in [-0.1, -0.05) is 37.1 Å². The zero-order valence-corrected chi connectivity index (χ0v) is 17.7. The normalized spacial score (nSPS) is 14.9. The van der Waals surface area contributed by atoms with Crippen molar-refractivity contribution in [1.29, 1.82) is 0 Å². The Morgan fingerprint density at radius 3 is 2.76 bits per heavy atom. The molecule has 0 bridgehead atoms. The third-order valence-electron chi connectivity index (χ3n) is 6.90. The van der Waals surface area contributed by atoms with Gasteiger partial charge >= 0.3 is 0 Å². The summed E-state index contributed by atoms with van der Waals surface area (Å²) < 4.78 is 8.24. The van der Waals surface area contributed by atoms with Crippen molar-refractivity contribution in [1.82, 2.24) is 19.7 Å². The highest BCUT2D eigenvalue weighted by atomic mass is 16.3. The summed E-state index contributed by atoms with van der Waals surface area (Å²) in [6, 6.07) is 14.9. The van der Waals surface area contributed by atoms with Crippen molar-refractivity contribution in [3.05, 3.63) is 75.3 Å². The van der Waals surface area contributed by atoms with Gasteiger partial charge in [-0.05, 0) is 31.0 Å². The molecule has 0 spiro atoms. The number of rotatable bonds is 2. The summed E-state index contributed by atoms with van der Waals surface area (Å²) in [6.07, 6.45) is 6.11. The number of nitrogens with zero attached hydrogens (tertiary/aromatic N) is 2. The first-order valence-electron chi connectivity index (χ1n) is 11.3. The average molecular weight is 436 g/mol. The largest absolute Gasteiger partial charge is 0.454 e. The monoisotopic (exact) mass is 436 g/mol. The van der Waals surface area contributed by atoms with Gasteiger partial charge in [-0.2, -0.15) is 0 Å². The lowest BCUT2D eigenvalue weighted by Crippen LogP contribution is -2.10. The molecular formula is C26H20N4O3. The van der Waals surface area contributed by atoms with Crippen LogP contribution in [0.25, 0.3) is 55.1 Å². The Balaban J connectivity index is 1.71. The first-order chi connectivity index (χ1) is 16.2.